The number of amides is 2. The van der Waals surface area contributed by atoms with Gasteiger partial charge >= 0.3 is 6.09 Å². The van der Waals surface area contributed by atoms with Gasteiger partial charge in [-0.15, -0.1) is 0 Å². The molecule has 5 heteroatoms. The van der Waals surface area contributed by atoms with Crippen LogP contribution in [0.15, 0.2) is 54.6 Å². The van der Waals surface area contributed by atoms with E-state index in [-0.39, 0.29) is 18.6 Å². The van der Waals surface area contributed by atoms with E-state index in [1.54, 1.807) is 0 Å². The molecule has 1 fully saturated rings. The number of nitrogens with one attached hydrogen (secondary N) is 2. The second-order valence-corrected chi connectivity index (χ2v) is 5.56. The maximum absolute atomic E-state index is 11.7. The van der Waals surface area contributed by atoms with E-state index in [4.69, 9.17) is 4.74 Å². The van der Waals surface area contributed by atoms with Crippen LogP contribution in [0.25, 0.3) is 11.1 Å². The first kappa shape index (κ1) is 15.1. The van der Waals surface area contributed by atoms with E-state index >= 15 is 0 Å². The number of benzene rings is 2. The lowest BCUT2D eigenvalue weighted by Gasteiger charge is -2.33. The second kappa shape index (κ2) is 6.52. The molecule has 2 unspecified atom stereocenters. The fourth-order valence-corrected chi connectivity index (χ4v) is 2.46. The van der Waals surface area contributed by atoms with Crippen molar-refractivity contribution >= 4 is 12.0 Å². The SMILES string of the molecule is CC1NC(=O)C1NC(=O)OCc1ccc(-c2ccccc2)cc1. The zero-order valence-corrected chi connectivity index (χ0v) is 12.8. The summed E-state index contributed by atoms with van der Waals surface area (Å²) < 4.78 is 5.15. The predicted octanol–water partition coefficient (Wildman–Crippen LogP) is 2.47. The minimum atomic E-state index is -0.580. The Balaban J connectivity index is 1.52. The van der Waals surface area contributed by atoms with Crippen LogP contribution in [0.1, 0.15) is 12.5 Å². The van der Waals surface area contributed by atoms with E-state index in [0.29, 0.717) is 0 Å². The molecule has 0 aliphatic carbocycles. The smallest absolute Gasteiger partial charge is 0.408 e. The molecule has 1 heterocycles. The number of ether oxygens (including phenoxy) is 1. The summed E-state index contributed by atoms with van der Waals surface area (Å²) in [4.78, 5) is 22.9. The van der Waals surface area contributed by atoms with Gasteiger partial charge in [-0.05, 0) is 23.6 Å². The van der Waals surface area contributed by atoms with Crippen LogP contribution in [0.2, 0.25) is 0 Å². The molecule has 5 nitrogen and oxygen atoms in total. The molecule has 3 rings (SSSR count). The zero-order chi connectivity index (χ0) is 16.2. The average Bonchev–Trinajstić information content (AvgIpc) is 2.59. The van der Waals surface area contributed by atoms with Crippen LogP contribution in [0.4, 0.5) is 4.79 Å². The minimum Gasteiger partial charge on any atom is -0.445 e. The number of alkyl carbamates (subject to hydrolysis) is 1. The van der Waals surface area contributed by atoms with Crippen LogP contribution in [-0.4, -0.2) is 24.1 Å². The Morgan fingerprint density at radius 1 is 1.09 bits per heavy atom. The zero-order valence-electron chi connectivity index (χ0n) is 12.8. The van der Waals surface area contributed by atoms with Gasteiger partial charge in [0.2, 0.25) is 5.91 Å². The highest BCUT2D eigenvalue weighted by Crippen LogP contribution is 2.19. The summed E-state index contributed by atoms with van der Waals surface area (Å²) in [6.45, 7) is 2.00. The molecule has 0 aromatic heterocycles. The topological polar surface area (TPSA) is 67.4 Å². The summed E-state index contributed by atoms with van der Waals surface area (Å²) in [6, 6.07) is 17.3. The van der Waals surface area contributed by atoms with Gasteiger partial charge in [-0.3, -0.25) is 4.79 Å². The lowest BCUT2D eigenvalue weighted by Crippen LogP contribution is -2.67. The van der Waals surface area contributed by atoms with Crippen LogP contribution >= 0.6 is 0 Å². The fourth-order valence-electron chi connectivity index (χ4n) is 2.46. The van der Waals surface area contributed by atoms with Crippen molar-refractivity contribution in [3.8, 4) is 11.1 Å². The lowest BCUT2D eigenvalue weighted by molar-refractivity contribution is -0.131. The van der Waals surface area contributed by atoms with Gasteiger partial charge in [-0.1, -0.05) is 54.6 Å². The van der Waals surface area contributed by atoms with Crippen LogP contribution in [-0.2, 0) is 16.1 Å². The quantitative estimate of drug-likeness (QED) is 0.853. The largest absolute Gasteiger partial charge is 0.445 e. The Morgan fingerprint density at radius 3 is 2.35 bits per heavy atom. The summed E-state index contributed by atoms with van der Waals surface area (Å²) in [5, 5.41) is 5.20. The molecule has 2 atom stereocenters. The van der Waals surface area contributed by atoms with E-state index in [1.807, 2.05) is 61.5 Å². The molecule has 0 radical (unpaired) electrons. The lowest BCUT2D eigenvalue weighted by atomic mass is 10.0. The number of β-lactam (4-membered cyclic amide) rings is 1. The maximum atomic E-state index is 11.7. The van der Waals surface area contributed by atoms with Crippen molar-refractivity contribution in [1.29, 1.82) is 0 Å². The first-order valence-electron chi connectivity index (χ1n) is 7.51. The number of hydrogen-bond donors (Lipinski definition) is 2. The Labute approximate surface area is 134 Å². The standard InChI is InChI=1S/C18H18N2O3/c1-12-16(17(21)19-12)20-18(22)23-11-13-7-9-15(10-8-13)14-5-3-2-4-6-14/h2-10,12,16H,11H2,1H3,(H,19,21)(H,20,22). The fraction of sp³-hybridized carbons (Fsp3) is 0.222. The van der Waals surface area contributed by atoms with E-state index in [9.17, 15) is 9.59 Å². The third kappa shape index (κ3) is 3.51. The van der Waals surface area contributed by atoms with Crippen LogP contribution < -0.4 is 10.6 Å². The Kier molecular flexibility index (Phi) is 4.28. The number of hydrogen-bond acceptors (Lipinski definition) is 3. The Hall–Kier alpha value is -2.82. The third-order valence-electron chi connectivity index (χ3n) is 3.86. The van der Waals surface area contributed by atoms with Crippen LogP contribution in [0.5, 0.6) is 0 Å². The van der Waals surface area contributed by atoms with Crippen molar-refractivity contribution in [3.63, 3.8) is 0 Å². The summed E-state index contributed by atoms with van der Waals surface area (Å²) >= 11 is 0. The van der Waals surface area contributed by atoms with Crippen LogP contribution in [0, 0.1) is 0 Å². The van der Waals surface area contributed by atoms with Crippen molar-refractivity contribution in [2.24, 2.45) is 0 Å². The first-order valence-corrected chi connectivity index (χ1v) is 7.51. The maximum Gasteiger partial charge on any atom is 0.408 e. The average molecular weight is 310 g/mol. The van der Waals surface area contributed by atoms with Crippen molar-refractivity contribution in [2.45, 2.75) is 25.6 Å². The summed E-state index contributed by atoms with van der Waals surface area (Å²) in [6.07, 6.45) is -0.580. The van der Waals surface area contributed by atoms with Gasteiger partial charge in [-0.2, -0.15) is 0 Å². The molecular weight excluding hydrogens is 292 g/mol. The second-order valence-electron chi connectivity index (χ2n) is 5.56. The van der Waals surface area contributed by atoms with E-state index in [2.05, 4.69) is 10.6 Å². The summed E-state index contributed by atoms with van der Waals surface area (Å²) in [7, 11) is 0. The van der Waals surface area contributed by atoms with Crippen molar-refractivity contribution in [2.75, 3.05) is 0 Å². The van der Waals surface area contributed by atoms with Crippen molar-refractivity contribution in [1.82, 2.24) is 10.6 Å². The van der Waals surface area contributed by atoms with Gasteiger partial charge in [0.15, 0.2) is 0 Å². The van der Waals surface area contributed by atoms with Gasteiger partial charge in [0.05, 0.1) is 6.04 Å². The molecule has 0 bridgehead atoms. The number of carbonyl (C=O) groups is 2. The summed E-state index contributed by atoms with van der Waals surface area (Å²) in [5.41, 5.74) is 3.15. The monoisotopic (exact) mass is 310 g/mol. The summed E-state index contributed by atoms with van der Waals surface area (Å²) in [5.74, 6) is -0.179. The molecule has 0 saturated carbocycles. The highest BCUT2D eigenvalue weighted by Gasteiger charge is 2.37. The molecule has 118 valence electrons. The Morgan fingerprint density at radius 2 is 1.74 bits per heavy atom. The highest BCUT2D eigenvalue weighted by atomic mass is 16.5. The van der Waals surface area contributed by atoms with Crippen molar-refractivity contribution < 1.29 is 14.3 Å². The van der Waals surface area contributed by atoms with Gasteiger partial charge in [-0.25, -0.2) is 4.79 Å². The molecular formula is C18H18N2O3. The molecule has 2 amide bonds. The Bertz CT molecular complexity index is 698. The van der Waals surface area contributed by atoms with Crippen LogP contribution in [0.3, 0.4) is 0 Å². The van der Waals surface area contributed by atoms with Gasteiger partial charge in [0.25, 0.3) is 0 Å². The molecule has 2 aromatic carbocycles. The predicted molar refractivity (Wildman–Crippen MR) is 86.6 cm³/mol. The third-order valence-corrected chi connectivity index (χ3v) is 3.86. The van der Waals surface area contributed by atoms with Gasteiger partial charge in [0, 0.05) is 0 Å². The molecule has 1 aliphatic rings. The van der Waals surface area contributed by atoms with E-state index in [1.165, 1.54) is 0 Å². The van der Waals surface area contributed by atoms with E-state index < -0.39 is 12.1 Å². The highest BCUT2D eigenvalue weighted by molar-refractivity contribution is 5.92. The van der Waals surface area contributed by atoms with Gasteiger partial charge < -0.3 is 15.4 Å². The van der Waals surface area contributed by atoms with Gasteiger partial charge in [0.1, 0.15) is 12.6 Å². The van der Waals surface area contributed by atoms with E-state index in [0.717, 1.165) is 16.7 Å². The van der Waals surface area contributed by atoms with Crippen molar-refractivity contribution in [3.05, 3.63) is 60.2 Å². The molecule has 23 heavy (non-hydrogen) atoms. The normalized spacial score (nSPS) is 19.4. The molecule has 1 aliphatic heterocycles. The molecule has 2 N–H and O–H groups in total. The minimum absolute atomic E-state index is 0.0554. The molecule has 1 saturated heterocycles. The number of rotatable bonds is 4. The molecule has 0 spiro atoms. The molecule has 2 aromatic rings. The number of carbonyl (C=O) groups excluding carboxylic acids is 2. The first-order chi connectivity index (χ1) is 11.1.